The van der Waals surface area contributed by atoms with Gasteiger partial charge in [0.15, 0.2) is 0 Å². The molecule has 0 saturated carbocycles. The number of carbonyl (C=O) groups excluding carboxylic acids is 1. The van der Waals surface area contributed by atoms with E-state index in [2.05, 4.69) is 30.9 Å². The first-order valence-electron chi connectivity index (χ1n) is 8.37. The minimum absolute atomic E-state index is 0.119. The summed E-state index contributed by atoms with van der Waals surface area (Å²) in [7, 11) is 6.39. The molecule has 1 amide bonds. The second kappa shape index (κ2) is 8.67. The third kappa shape index (κ3) is 5.48. The summed E-state index contributed by atoms with van der Waals surface area (Å²) in [4.78, 5) is 19.2. The van der Waals surface area contributed by atoms with Crippen LogP contribution in [0.5, 0.6) is 0 Å². The maximum atomic E-state index is 12.6. The van der Waals surface area contributed by atoms with Crippen LogP contribution in [0, 0.1) is 0 Å². The van der Waals surface area contributed by atoms with Gasteiger partial charge in [-0.2, -0.15) is 0 Å². The fourth-order valence-corrected chi connectivity index (χ4v) is 3.22. The van der Waals surface area contributed by atoms with Gasteiger partial charge in [-0.3, -0.25) is 4.79 Å². The molecule has 0 N–H and O–H groups in total. The summed E-state index contributed by atoms with van der Waals surface area (Å²) in [5, 5.41) is 0.665. The number of carbonyl (C=O) groups is 1. The lowest BCUT2D eigenvalue weighted by Gasteiger charge is -2.38. The van der Waals surface area contributed by atoms with Crippen LogP contribution in [0.3, 0.4) is 0 Å². The lowest BCUT2D eigenvalue weighted by Crippen LogP contribution is -2.49. The van der Waals surface area contributed by atoms with Crippen LogP contribution in [-0.2, 0) is 0 Å². The molecule has 1 unspecified atom stereocenters. The van der Waals surface area contributed by atoms with Crippen LogP contribution in [0.4, 0.5) is 0 Å². The molecule has 1 heterocycles. The standard InChI is InChI=1S/C18H28ClN3O/c1-20(2)11-5-12-21(3)17-6-4-13-22(14-17)18(23)15-7-9-16(19)10-8-15/h7-10,17H,4-6,11-14H2,1-3H3. The van der Waals surface area contributed by atoms with E-state index < -0.39 is 0 Å². The minimum Gasteiger partial charge on any atom is -0.337 e. The normalized spacial score (nSPS) is 18.7. The van der Waals surface area contributed by atoms with Gasteiger partial charge in [0.1, 0.15) is 0 Å². The van der Waals surface area contributed by atoms with E-state index in [0.29, 0.717) is 11.1 Å². The molecule has 5 heteroatoms. The topological polar surface area (TPSA) is 26.8 Å². The number of amides is 1. The van der Waals surface area contributed by atoms with Gasteiger partial charge in [-0.15, -0.1) is 0 Å². The molecule has 4 nitrogen and oxygen atoms in total. The Labute approximate surface area is 145 Å². The van der Waals surface area contributed by atoms with E-state index in [1.807, 2.05) is 17.0 Å². The molecule has 23 heavy (non-hydrogen) atoms. The van der Waals surface area contributed by atoms with Crippen LogP contribution in [-0.4, -0.2) is 74.0 Å². The van der Waals surface area contributed by atoms with E-state index in [0.717, 1.165) is 44.6 Å². The fraction of sp³-hybridized carbons (Fsp3) is 0.611. The van der Waals surface area contributed by atoms with E-state index >= 15 is 0 Å². The predicted molar refractivity (Wildman–Crippen MR) is 96.2 cm³/mol. The van der Waals surface area contributed by atoms with Gasteiger partial charge < -0.3 is 14.7 Å². The van der Waals surface area contributed by atoms with E-state index in [9.17, 15) is 4.79 Å². The first-order chi connectivity index (χ1) is 11.0. The van der Waals surface area contributed by atoms with Crippen molar-refractivity contribution in [2.24, 2.45) is 0 Å². The van der Waals surface area contributed by atoms with Gasteiger partial charge in [0.2, 0.25) is 0 Å². The zero-order chi connectivity index (χ0) is 16.8. The molecule has 1 aromatic carbocycles. The molecular formula is C18H28ClN3O. The summed E-state index contributed by atoms with van der Waals surface area (Å²) in [5.74, 6) is 0.119. The number of rotatable bonds is 6. The quantitative estimate of drug-likeness (QED) is 0.798. The van der Waals surface area contributed by atoms with Crippen molar-refractivity contribution in [3.05, 3.63) is 34.9 Å². The maximum absolute atomic E-state index is 12.6. The third-order valence-electron chi connectivity index (χ3n) is 4.51. The number of hydrogen-bond donors (Lipinski definition) is 0. The summed E-state index contributed by atoms with van der Waals surface area (Å²) >= 11 is 5.90. The number of likely N-dealkylation sites (tertiary alicyclic amines) is 1. The molecule has 0 aromatic heterocycles. The molecule has 128 valence electrons. The first-order valence-corrected chi connectivity index (χ1v) is 8.75. The minimum atomic E-state index is 0.119. The van der Waals surface area contributed by atoms with Crippen molar-refractivity contribution in [1.82, 2.24) is 14.7 Å². The third-order valence-corrected chi connectivity index (χ3v) is 4.77. The van der Waals surface area contributed by atoms with Gasteiger partial charge in [-0.1, -0.05) is 11.6 Å². The number of likely N-dealkylation sites (N-methyl/N-ethyl adjacent to an activating group) is 1. The second-order valence-electron chi connectivity index (χ2n) is 6.69. The Hall–Kier alpha value is -1.10. The van der Waals surface area contributed by atoms with Crippen molar-refractivity contribution in [3.63, 3.8) is 0 Å². The van der Waals surface area contributed by atoms with Gasteiger partial charge in [-0.05, 0) is 77.8 Å². The molecule has 1 saturated heterocycles. The van der Waals surface area contributed by atoms with Crippen LogP contribution in [0.2, 0.25) is 5.02 Å². The van der Waals surface area contributed by atoms with E-state index in [1.54, 1.807) is 12.1 Å². The van der Waals surface area contributed by atoms with Crippen LogP contribution >= 0.6 is 11.6 Å². The Kier molecular flexibility index (Phi) is 6.88. The molecule has 1 atom stereocenters. The number of benzene rings is 1. The molecule has 1 aliphatic rings. The van der Waals surface area contributed by atoms with Crippen molar-refractivity contribution < 1.29 is 4.79 Å². The summed E-state index contributed by atoms with van der Waals surface area (Å²) in [6.45, 7) is 3.85. The monoisotopic (exact) mass is 337 g/mol. The SMILES string of the molecule is CN(C)CCCN(C)C1CCCN(C(=O)c2ccc(Cl)cc2)C1. The zero-order valence-electron chi connectivity index (χ0n) is 14.5. The molecule has 1 aromatic rings. The first kappa shape index (κ1) is 18.2. The molecule has 0 spiro atoms. The van der Waals surface area contributed by atoms with Crippen LogP contribution in [0.25, 0.3) is 0 Å². The number of nitrogens with zero attached hydrogens (tertiary/aromatic N) is 3. The Morgan fingerprint density at radius 1 is 1.22 bits per heavy atom. The number of hydrogen-bond acceptors (Lipinski definition) is 3. The Morgan fingerprint density at radius 2 is 1.91 bits per heavy atom. The van der Waals surface area contributed by atoms with Crippen LogP contribution in [0.1, 0.15) is 29.6 Å². The Bertz CT molecular complexity index is 503. The lowest BCUT2D eigenvalue weighted by molar-refractivity contribution is 0.0607. The highest BCUT2D eigenvalue weighted by molar-refractivity contribution is 6.30. The molecule has 2 rings (SSSR count). The largest absolute Gasteiger partial charge is 0.337 e. The van der Waals surface area contributed by atoms with Gasteiger partial charge in [0, 0.05) is 29.7 Å². The fourth-order valence-electron chi connectivity index (χ4n) is 3.09. The van der Waals surface area contributed by atoms with Gasteiger partial charge >= 0.3 is 0 Å². The molecular weight excluding hydrogens is 310 g/mol. The second-order valence-corrected chi connectivity index (χ2v) is 7.13. The highest BCUT2D eigenvalue weighted by atomic mass is 35.5. The van der Waals surface area contributed by atoms with Crippen molar-refractivity contribution in [2.45, 2.75) is 25.3 Å². The Balaban J connectivity index is 1.89. The molecule has 0 radical (unpaired) electrons. The summed E-state index contributed by atoms with van der Waals surface area (Å²) < 4.78 is 0. The zero-order valence-corrected chi connectivity index (χ0v) is 15.2. The predicted octanol–water partition coefficient (Wildman–Crippen LogP) is 2.83. The van der Waals surface area contributed by atoms with E-state index in [4.69, 9.17) is 11.6 Å². The summed E-state index contributed by atoms with van der Waals surface area (Å²) in [6, 6.07) is 7.65. The maximum Gasteiger partial charge on any atom is 0.253 e. The van der Waals surface area contributed by atoms with Crippen molar-refractivity contribution in [3.8, 4) is 0 Å². The van der Waals surface area contributed by atoms with Crippen molar-refractivity contribution in [1.29, 1.82) is 0 Å². The molecule has 1 aliphatic heterocycles. The van der Waals surface area contributed by atoms with Gasteiger partial charge in [0.05, 0.1) is 0 Å². The molecule has 1 fully saturated rings. The smallest absolute Gasteiger partial charge is 0.253 e. The van der Waals surface area contributed by atoms with Gasteiger partial charge in [-0.25, -0.2) is 0 Å². The van der Waals surface area contributed by atoms with E-state index in [1.165, 1.54) is 6.42 Å². The average Bonchev–Trinajstić information content (AvgIpc) is 2.54. The van der Waals surface area contributed by atoms with Gasteiger partial charge in [0.25, 0.3) is 5.91 Å². The van der Waals surface area contributed by atoms with Crippen LogP contribution < -0.4 is 0 Å². The summed E-state index contributed by atoms with van der Waals surface area (Å²) in [5.41, 5.74) is 0.727. The molecule has 0 aliphatic carbocycles. The number of halogens is 1. The Morgan fingerprint density at radius 3 is 2.57 bits per heavy atom. The lowest BCUT2D eigenvalue weighted by atomic mass is 10.0. The summed E-state index contributed by atoms with van der Waals surface area (Å²) in [6.07, 6.45) is 3.40. The van der Waals surface area contributed by atoms with E-state index in [-0.39, 0.29) is 5.91 Å². The average molecular weight is 338 g/mol. The highest BCUT2D eigenvalue weighted by Gasteiger charge is 2.26. The highest BCUT2D eigenvalue weighted by Crippen LogP contribution is 2.18. The van der Waals surface area contributed by atoms with Crippen molar-refractivity contribution in [2.75, 3.05) is 47.3 Å². The number of piperidine rings is 1. The molecule has 0 bridgehead atoms. The van der Waals surface area contributed by atoms with Crippen molar-refractivity contribution >= 4 is 17.5 Å². The van der Waals surface area contributed by atoms with Crippen LogP contribution in [0.15, 0.2) is 24.3 Å².